The van der Waals surface area contributed by atoms with E-state index >= 15 is 0 Å². The Hall–Kier alpha value is -1.45. The lowest BCUT2D eigenvalue weighted by atomic mass is 9.96. The van der Waals surface area contributed by atoms with E-state index < -0.39 is 5.60 Å². The smallest absolute Gasteiger partial charge is 0.411 e. The number of allylic oxidation sites excluding steroid dienone is 3. The molecule has 0 saturated carbocycles. The Morgan fingerprint density at radius 2 is 2.00 bits per heavy atom. The second-order valence-corrected chi connectivity index (χ2v) is 5.60. The van der Waals surface area contributed by atoms with Crippen LogP contribution in [0.15, 0.2) is 23.6 Å². The Morgan fingerprint density at radius 3 is 2.63 bits per heavy atom. The summed E-state index contributed by atoms with van der Waals surface area (Å²) in [7, 11) is 0. The van der Waals surface area contributed by atoms with Gasteiger partial charge in [0.05, 0.1) is 12.9 Å². The maximum Gasteiger partial charge on any atom is 0.411 e. The van der Waals surface area contributed by atoms with Gasteiger partial charge in [0, 0.05) is 5.70 Å². The molecular weight excluding hydrogens is 242 g/mol. The number of rotatable bonds is 4. The number of hydrogen-bond acceptors (Lipinski definition) is 3. The fourth-order valence-electron chi connectivity index (χ4n) is 1.91. The van der Waals surface area contributed by atoms with Crippen molar-refractivity contribution in [3.63, 3.8) is 0 Å². The first-order valence-electron chi connectivity index (χ1n) is 6.92. The van der Waals surface area contributed by atoms with E-state index in [-0.39, 0.29) is 6.09 Å². The largest absolute Gasteiger partial charge is 0.501 e. The second kappa shape index (κ2) is 7.22. The summed E-state index contributed by atoms with van der Waals surface area (Å²) in [4.78, 5) is 11.8. The van der Waals surface area contributed by atoms with Gasteiger partial charge in [-0.1, -0.05) is 0 Å². The van der Waals surface area contributed by atoms with Gasteiger partial charge in [-0.25, -0.2) is 4.79 Å². The summed E-state index contributed by atoms with van der Waals surface area (Å²) in [5.74, 6) is 0. The first-order valence-corrected chi connectivity index (χ1v) is 6.92. The van der Waals surface area contributed by atoms with Gasteiger partial charge in [0.1, 0.15) is 5.60 Å². The Bertz CT molecular complexity index is 364. The number of ether oxygens (including phenoxy) is 2. The summed E-state index contributed by atoms with van der Waals surface area (Å²) in [6, 6.07) is 0. The summed E-state index contributed by atoms with van der Waals surface area (Å²) in [6.45, 7) is 8.17. The van der Waals surface area contributed by atoms with Crippen molar-refractivity contribution in [2.75, 3.05) is 6.61 Å². The van der Waals surface area contributed by atoms with Crippen LogP contribution in [0.3, 0.4) is 0 Å². The molecule has 0 saturated heterocycles. The third-order valence-corrected chi connectivity index (χ3v) is 2.69. The van der Waals surface area contributed by atoms with Crippen LogP contribution in [-0.4, -0.2) is 18.3 Å². The standard InChI is InChI=1S/C15H25NO3/c1-5-18-11-10-12-8-6-7-9-13(12)16-14(17)19-15(2,3)4/h10-11H,5-9H2,1-4H3,(H,16,17)/b11-10+. The number of amides is 1. The maximum absolute atomic E-state index is 11.8. The minimum absolute atomic E-state index is 0.383. The van der Waals surface area contributed by atoms with E-state index in [9.17, 15) is 4.79 Å². The molecule has 0 bridgehead atoms. The van der Waals surface area contributed by atoms with Gasteiger partial charge in [-0.2, -0.15) is 0 Å². The average Bonchev–Trinajstić information content (AvgIpc) is 2.29. The molecule has 0 spiro atoms. The van der Waals surface area contributed by atoms with Crippen LogP contribution in [0.5, 0.6) is 0 Å². The molecule has 1 aliphatic carbocycles. The molecule has 1 rings (SSSR count). The minimum atomic E-state index is -0.472. The second-order valence-electron chi connectivity index (χ2n) is 5.60. The number of nitrogens with one attached hydrogen (secondary N) is 1. The van der Waals surface area contributed by atoms with Crippen molar-refractivity contribution in [2.24, 2.45) is 0 Å². The van der Waals surface area contributed by atoms with Crippen molar-refractivity contribution in [2.45, 2.75) is 59.0 Å². The van der Waals surface area contributed by atoms with Crippen molar-refractivity contribution >= 4 is 6.09 Å². The molecule has 1 amide bonds. The summed E-state index contributed by atoms with van der Waals surface area (Å²) < 4.78 is 10.5. The van der Waals surface area contributed by atoms with Gasteiger partial charge in [-0.05, 0) is 65.0 Å². The van der Waals surface area contributed by atoms with Gasteiger partial charge < -0.3 is 9.47 Å². The van der Waals surface area contributed by atoms with Gasteiger partial charge >= 0.3 is 6.09 Å². The highest BCUT2D eigenvalue weighted by atomic mass is 16.6. The quantitative estimate of drug-likeness (QED) is 0.786. The third-order valence-electron chi connectivity index (χ3n) is 2.69. The molecule has 0 radical (unpaired) electrons. The summed E-state index contributed by atoms with van der Waals surface area (Å²) >= 11 is 0. The first kappa shape index (κ1) is 15.6. The lowest BCUT2D eigenvalue weighted by molar-refractivity contribution is 0.0542. The van der Waals surface area contributed by atoms with Crippen LogP contribution in [0.25, 0.3) is 0 Å². The Labute approximate surface area is 115 Å². The number of carbonyl (C=O) groups excluding carboxylic acids is 1. The highest BCUT2D eigenvalue weighted by Gasteiger charge is 2.19. The average molecular weight is 267 g/mol. The maximum atomic E-state index is 11.8. The molecule has 1 N–H and O–H groups in total. The molecule has 4 heteroatoms. The topological polar surface area (TPSA) is 47.6 Å². The van der Waals surface area contributed by atoms with Gasteiger partial charge in [-0.15, -0.1) is 0 Å². The lowest BCUT2D eigenvalue weighted by Crippen LogP contribution is -2.33. The van der Waals surface area contributed by atoms with Gasteiger partial charge in [0.25, 0.3) is 0 Å². The van der Waals surface area contributed by atoms with E-state index in [4.69, 9.17) is 9.47 Å². The SMILES string of the molecule is CCO/C=C/C1=C(NC(=O)OC(C)(C)C)CCCC1. The normalized spacial score (nSPS) is 16.6. The van der Waals surface area contributed by atoms with Crippen LogP contribution in [0.2, 0.25) is 0 Å². The number of hydrogen-bond donors (Lipinski definition) is 1. The van der Waals surface area contributed by atoms with Crippen molar-refractivity contribution in [3.8, 4) is 0 Å². The molecule has 0 aliphatic heterocycles. The van der Waals surface area contributed by atoms with Crippen molar-refractivity contribution in [3.05, 3.63) is 23.6 Å². The zero-order valence-corrected chi connectivity index (χ0v) is 12.4. The van der Waals surface area contributed by atoms with E-state index in [1.807, 2.05) is 33.8 Å². The van der Waals surface area contributed by atoms with Crippen LogP contribution < -0.4 is 5.32 Å². The molecule has 1 aliphatic rings. The third kappa shape index (κ3) is 6.32. The van der Waals surface area contributed by atoms with Crippen LogP contribution in [0, 0.1) is 0 Å². The van der Waals surface area contributed by atoms with Crippen molar-refractivity contribution in [1.82, 2.24) is 5.32 Å². The van der Waals surface area contributed by atoms with Crippen LogP contribution in [0.1, 0.15) is 53.4 Å². The number of alkyl carbamates (subject to hydrolysis) is 1. The zero-order chi connectivity index (χ0) is 14.3. The molecule has 0 unspecified atom stereocenters. The molecule has 108 valence electrons. The highest BCUT2D eigenvalue weighted by Crippen LogP contribution is 2.24. The predicted molar refractivity (Wildman–Crippen MR) is 75.6 cm³/mol. The summed E-state index contributed by atoms with van der Waals surface area (Å²) in [5.41, 5.74) is 1.61. The molecule has 4 nitrogen and oxygen atoms in total. The van der Waals surface area contributed by atoms with E-state index in [0.717, 1.165) is 37.0 Å². The van der Waals surface area contributed by atoms with Crippen molar-refractivity contribution < 1.29 is 14.3 Å². The van der Waals surface area contributed by atoms with Gasteiger partial charge in [0.2, 0.25) is 0 Å². The fourth-order valence-corrected chi connectivity index (χ4v) is 1.91. The molecule has 0 aromatic carbocycles. The minimum Gasteiger partial charge on any atom is -0.501 e. The van der Waals surface area contributed by atoms with Crippen molar-refractivity contribution in [1.29, 1.82) is 0 Å². The summed E-state index contributed by atoms with van der Waals surface area (Å²) in [6.07, 6.45) is 7.33. The Morgan fingerprint density at radius 1 is 1.32 bits per heavy atom. The predicted octanol–water partition coefficient (Wildman–Crippen LogP) is 3.89. The Kier molecular flexibility index (Phi) is 5.93. The number of carbonyl (C=O) groups is 1. The molecule has 0 aromatic rings. The van der Waals surface area contributed by atoms with Crippen LogP contribution in [-0.2, 0) is 9.47 Å². The molecule has 19 heavy (non-hydrogen) atoms. The fraction of sp³-hybridized carbons (Fsp3) is 0.667. The van der Waals surface area contributed by atoms with Crippen LogP contribution in [0.4, 0.5) is 4.79 Å². The lowest BCUT2D eigenvalue weighted by Gasteiger charge is -2.23. The van der Waals surface area contributed by atoms with Gasteiger partial charge in [-0.3, -0.25) is 5.32 Å². The highest BCUT2D eigenvalue weighted by molar-refractivity contribution is 5.70. The van der Waals surface area contributed by atoms with E-state index in [1.54, 1.807) is 6.26 Å². The van der Waals surface area contributed by atoms with E-state index in [0.29, 0.717) is 6.61 Å². The molecular formula is C15H25NO3. The molecule has 0 heterocycles. The molecule has 0 atom stereocenters. The Balaban J connectivity index is 2.67. The molecule has 0 fully saturated rings. The van der Waals surface area contributed by atoms with Gasteiger partial charge in [0.15, 0.2) is 0 Å². The monoisotopic (exact) mass is 267 g/mol. The zero-order valence-electron chi connectivity index (χ0n) is 12.4. The summed E-state index contributed by atoms with van der Waals surface area (Å²) in [5, 5.41) is 2.86. The van der Waals surface area contributed by atoms with Crippen LogP contribution >= 0.6 is 0 Å². The molecule has 0 aromatic heterocycles. The van der Waals surface area contributed by atoms with E-state index in [1.165, 1.54) is 0 Å². The van der Waals surface area contributed by atoms with E-state index in [2.05, 4.69) is 5.32 Å². The first-order chi connectivity index (χ1) is 8.92.